The van der Waals surface area contributed by atoms with Gasteiger partial charge in [-0.25, -0.2) is 9.37 Å². The quantitative estimate of drug-likeness (QED) is 0.601. The zero-order valence-corrected chi connectivity index (χ0v) is 16.8. The highest BCUT2D eigenvalue weighted by Crippen LogP contribution is 2.36. The molecule has 3 rings (SSSR count). The van der Waals surface area contributed by atoms with Crippen molar-refractivity contribution < 1.29 is 13.9 Å². The number of nitrogens with one attached hydrogen (secondary N) is 1. The van der Waals surface area contributed by atoms with Crippen LogP contribution in [0.25, 0.3) is 0 Å². The van der Waals surface area contributed by atoms with Crippen LogP contribution in [-0.2, 0) is 13.6 Å². The van der Waals surface area contributed by atoms with Crippen LogP contribution in [0.1, 0.15) is 29.9 Å². The third kappa shape index (κ3) is 4.29. The summed E-state index contributed by atoms with van der Waals surface area (Å²) in [6.45, 7) is 2.81. The van der Waals surface area contributed by atoms with E-state index in [9.17, 15) is 4.39 Å². The molecule has 0 fully saturated rings. The molecule has 0 saturated heterocycles. The second-order valence-corrected chi connectivity index (χ2v) is 6.68. The molecule has 148 valence electrons. The van der Waals surface area contributed by atoms with E-state index < -0.39 is 6.04 Å². The molecule has 5 nitrogen and oxygen atoms in total. The number of rotatable bonds is 8. The number of imidazole rings is 1. The molecular weight excluding hydrogens is 381 g/mol. The Labute approximate surface area is 169 Å². The van der Waals surface area contributed by atoms with Gasteiger partial charge in [0.25, 0.3) is 0 Å². The van der Waals surface area contributed by atoms with Crippen LogP contribution >= 0.6 is 11.6 Å². The van der Waals surface area contributed by atoms with Crippen LogP contribution in [0.15, 0.2) is 48.8 Å². The third-order valence-corrected chi connectivity index (χ3v) is 4.70. The minimum absolute atomic E-state index is 0.287. The van der Waals surface area contributed by atoms with Crippen LogP contribution in [0.5, 0.6) is 11.5 Å². The van der Waals surface area contributed by atoms with Crippen LogP contribution in [-0.4, -0.2) is 23.3 Å². The Bertz CT molecular complexity index is 945. The van der Waals surface area contributed by atoms with Crippen molar-refractivity contribution in [3.63, 3.8) is 0 Å². The van der Waals surface area contributed by atoms with Gasteiger partial charge in [-0.3, -0.25) is 5.32 Å². The normalized spacial score (nSPS) is 12.0. The molecule has 28 heavy (non-hydrogen) atoms. The number of methoxy groups -OCH3 is 1. The molecule has 0 unspecified atom stereocenters. The number of aromatic nitrogens is 2. The molecule has 0 aliphatic rings. The predicted molar refractivity (Wildman–Crippen MR) is 107 cm³/mol. The molecule has 3 aromatic rings. The van der Waals surface area contributed by atoms with E-state index in [1.54, 1.807) is 25.4 Å². The van der Waals surface area contributed by atoms with Gasteiger partial charge in [-0.1, -0.05) is 29.8 Å². The third-order valence-electron chi connectivity index (χ3n) is 4.42. The summed E-state index contributed by atoms with van der Waals surface area (Å²) in [5, 5.41) is 3.86. The minimum atomic E-state index is -0.419. The molecule has 1 N–H and O–H groups in total. The van der Waals surface area contributed by atoms with E-state index in [-0.39, 0.29) is 5.82 Å². The summed E-state index contributed by atoms with van der Waals surface area (Å²) >= 11 is 6.37. The molecule has 1 aromatic heterocycles. The molecule has 0 radical (unpaired) electrons. The average Bonchev–Trinajstić information content (AvgIpc) is 3.11. The Hall–Kier alpha value is -2.57. The van der Waals surface area contributed by atoms with Gasteiger partial charge in [0.2, 0.25) is 0 Å². The lowest BCUT2D eigenvalue weighted by Gasteiger charge is -2.20. The maximum Gasteiger partial charge on any atom is 0.179 e. The van der Waals surface area contributed by atoms with E-state index in [0.717, 1.165) is 5.56 Å². The first kappa shape index (κ1) is 20.2. The zero-order valence-electron chi connectivity index (χ0n) is 16.1. The minimum Gasteiger partial charge on any atom is -0.493 e. The van der Waals surface area contributed by atoms with Crippen molar-refractivity contribution in [3.05, 3.63) is 76.6 Å². The smallest absolute Gasteiger partial charge is 0.179 e. The van der Waals surface area contributed by atoms with Crippen LogP contribution in [0.2, 0.25) is 5.02 Å². The van der Waals surface area contributed by atoms with E-state index in [1.807, 2.05) is 42.9 Å². The summed E-state index contributed by atoms with van der Waals surface area (Å²) in [4.78, 5) is 4.40. The van der Waals surface area contributed by atoms with Gasteiger partial charge < -0.3 is 14.0 Å². The molecule has 0 saturated carbocycles. The molecule has 0 amide bonds. The van der Waals surface area contributed by atoms with Crippen LogP contribution in [0.3, 0.4) is 0 Å². The fourth-order valence-corrected chi connectivity index (χ4v) is 3.37. The summed E-state index contributed by atoms with van der Waals surface area (Å²) in [7, 11) is 3.45. The highest BCUT2D eigenvalue weighted by molar-refractivity contribution is 6.32. The van der Waals surface area contributed by atoms with Crippen molar-refractivity contribution in [2.24, 2.45) is 7.05 Å². The van der Waals surface area contributed by atoms with Crippen molar-refractivity contribution in [1.29, 1.82) is 0 Å². The molecule has 0 aliphatic carbocycles. The Morgan fingerprint density at radius 1 is 1.29 bits per heavy atom. The van der Waals surface area contributed by atoms with Crippen molar-refractivity contribution in [1.82, 2.24) is 14.9 Å². The van der Waals surface area contributed by atoms with Gasteiger partial charge in [0.15, 0.2) is 11.5 Å². The van der Waals surface area contributed by atoms with Crippen molar-refractivity contribution in [2.45, 2.75) is 19.5 Å². The topological polar surface area (TPSA) is 48.3 Å². The first-order valence-corrected chi connectivity index (χ1v) is 9.37. The Kier molecular flexibility index (Phi) is 6.54. The molecule has 1 atom stereocenters. The van der Waals surface area contributed by atoms with Gasteiger partial charge in [-0.05, 0) is 30.7 Å². The molecule has 2 aromatic carbocycles. The highest BCUT2D eigenvalue weighted by Gasteiger charge is 2.21. The number of benzene rings is 2. The fourth-order valence-electron chi connectivity index (χ4n) is 3.08. The van der Waals surface area contributed by atoms with Crippen molar-refractivity contribution >= 4 is 11.6 Å². The number of aryl methyl sites for hydroxylation is 1. The molecule has 0 spiro atoms. The lowest BCUT2D eigenvalue weighted by molar-refractivity contribution is 0.311. The Morgan fingerprint density at radius 2 is 2.07 bits per heavy atom. The molecule has 1 heterocycles. The van der Waals surface area contributed by atoms with Gasteiger partial charge in [-0.15, -0.1) is 0 Å². The van der Waals surface area contributed by atoms with E-state index in [4.69, 9.17) is 21.1 Å². The van der Waals surface area contributed by atoms with E-state index in [1.165, 1.54) is 6.07 Å². The molecule has 0 bridgehead atoms. The van der Waals surface area contributed by atoms with Gasteiger partial charge in [-0.2, -0.15) is 0 Å². The standard InChI is InChI=1S/C21H23ClFN3O2/c1-4-28-20-16(22)11-14(12-18(20)27-3)13-25-19(21-24-9-10-26(21)2)15-7-5-6-8-17(15)23/h5-12,19,25H,4,13H2,1-3H3/t19-/m0/s1. The molecular formula is C21H23ClFN3O2. The number of hydrogen-bond donors (Lipinski definition) is 1. The second kappa shape index (κ2) is 9.08. The first-order chi connectivity index (χ1) is 13.5. The lowest BCUT2D eigenvalue weighted by Crippen LogP contribution is -2.25. The van der Waals surface area contributed by atoms with E-state index in [2.05, 4.69) is 10.3 Å². The van der Waals surface area contributed by atoms with Crippen molar-refractivity contribution in [3.8, 4) is 11.5 Å². The summed E-state index contributed by atoms with van der Waals surface area (Å²) in [6, 6.07) is 9.95. The summed E-state index contributed by atoms with van der Waals surface area (Å²) in [5.74, 6) is 1.51. The zero-order chi connectivity index (χ0) is 20.1. The van der Waals surface area contributed by atoms with Gasteiger partial charge in [0, 0.05) is 31.5 Å². The summed E-state index contributed by atoms with van der Waals surface area (Å²) in [6.07, 6.45) is 3.53. The van der Waals surface area contributed by atoms with E-state index >= 15 is 0 Å². The van der Waals surface area contributed by atoms with Crippen molar-refractivity contribution in [2.75, 3.05) is 13.7 Å². The van der Waals surface area contributed by atoms with Crippen LogP contribution in [0.4, 0.5) is 4.39 Å². The number of ether oxygens (including phenoxy) is 2. The van der Waals surface area contributed by atoms with Crippen LogP contribution in [0, 0.1) is 5.82 Å². The highest BCUT2D eigenvalue weighted by atomic mass is 35.5. The predicted octanol–water partition coefficient (Wildman–Crippen LogP) is 4.50. The van der Waals surface area contributed by atoms with Gasteiger partial charge >= 0.3 is 0 Å². The maximum atomic E-state index is 14.5. The van der Waals surface area contributed by atoms with Gasteiger partial charge in [0.1, 0.15) is 11.6 Å². The van der Waals surface area contributed by atoms with Gasteiger partial charge in [0.05, 0.1) is 24.8 Å². The second-order valence-electron chi connectivity index (χ2n) is 6.27. The lowest BCUT2D eigenvalue weighted by atomic mass is 10.0. The largest absolute Gasteiger partial charge is 0.493 e. The summed E-state index contributed by atoms with van der Waals surface area (Å²) < 4.78 is 27.3. The molecule has 7 heteroatoms. The number of halogens is 2. The maximum absolute atomic E-state index is 14.5. The van der Waals surface area contributed by atoms with Crippen LogP contribution < -0.4 is 14.8 Å². The monoisotopic (exact) mass is 403 g/mol. The fraction of sp³-hybridized carbons (Fsp3) is 0.286. The SMILES string of the molecule is CCOc1c(Cl)cc(CN[C@@H](c2ccccc2F)c2nccn2C)cc1OC. The Morgan fingerprint density at radius 3 is 2.71 bits per heavy atom. The summed E-state index contributed by atoms with van der Waals surface area (Å²) in [5.41, 5.74) is 1.42. The average molecular weight is 404 g/mol. The molecule has 0 aliphatic heterocycles. The van der Waals surface area contributed by atoms with E-state index in [0.29, 0.717) is 41.1 Å². The number of hydrogen-bond acceptors (Lipinski definition) is 4. The Balaban J connectivity index is 1.90. The first-order valence-electron chi connectivity index (χ1n) is 8.99. The number of nitrogens with zero attached hydrogens (tertiary/aromatic N) is 2.